The Balaban J connectivity index is 2.62. The van der Waals surface area contributed by atoms with E-state index >= 15 is 0 Å². The van der Waals surface area contributed by atoms with E-state index in [9.17, 15) is 4.79 Å². The van der Waals surface area contributed by atoms with Gasteiger partial charge in [-0.3, -0.25) is 4.79 Å². The van der Waals surface area contributed by atoms with Crippen LogP contribution in [0.2, 0.25) is 0 Å². The molecule has 0 radical (unpaired) electrons. The van der Waals surface area contributed by atoms with E-state index in [0.29, 0.717) is 12.2 Å². The molecule has 4 N–H and O–H groups in total. The summed E-state index contributed by atoms with van der Waals surface area (Å²) in [6.45, 7) is 2.85. The SMILES string of the molecule is CCCCCOCC(N)(C(N)=O)c1ccccc1. The van der Waals surface area contributed by atoms with E-state index < -0.39 is 11.4 Å². The molecule has 1 aromatic rings. The Bertz CT molecular complexity index is 367. The number of benzene rings is 1. The highest BCUT2D eigenvalue weighted by molar-refractivity contribution is 5.86. The van der Waals surface area contributed by atoms with Crippen molar-refractivity contribution in [3.05, 3.63) is 35.9 Å². The predicted octanol–water partition coefficient (Wildman–Crippen LogP) is 1.53. The Hall–Kier alpha value is -1.39. The molecule has 0 saturated heterocycles. The van der Waals surface area contributed by atoms with Gasteiger partial charge in [-0.15, -0.1) is 0 Å². The van der Waals surface area contributed by atoms with Crippen LogP contribution in [0.3, 0.4) is 0 Å². The summed E-state index contributed by atoms with van der Waals surface area (Å²) in [7, 11) is 0. The molecule has 18 heavy (non-hydrogen) atoms. The molecule has 0 aliphatic rings. The van der Waals surface area contributed by atoms with Crippen molar-refractivity contribution in [2.24, 2.45) is 11.5 Å². The number of ether oxygens (including phenoxy) is 1. The highest BCUT2D eigenvalue weighted by Crippen LogP contribution is 2.18. The minimum Gasteiger partial charge on any atom is -0.379 e. The van der Waals surface area contributed by atoms with E-state index in [-0.39, 0.29) is 6.61 Å². The van der Waals surface area contributed by atoms with Crippen molar-refractivity contribution >= 4 is 5.91 Å². The predicted molar refractivity (Wildman–Crippen MR) is 71.8 cm³/mol. The molecule has 0 fully saturated rings. The molecule has 1 rings (SSSR count). The summed E-state index contributed by atoms with van der Waals surface area (Å²) in [5.41, 5.74) is 10.9. The zero-order valence-corrected chi connectivity index (χ0v) is 10.9. The second kappa shape index (κ2) is 7.13. The summed E-state index contributed by atoms with van der Waals surface area (Å²) in [6.07, 6.45) is 3.21. The van der Waals surface area contributed by atoms with E-state index in [1.165, 1.54) is 0 Å². The van der Waals surface area contributed by atoms with Crippen LogP contribution in [0.4, 0.5) is 0 Å². The van der Waals surface area contributed by atoms with Gasteiger partial charge in [-0.2, -0.15) is 0 Å². The Morgan fingerprint density at radius 2 is 1.94 bits per heavy atom. The van der Waals surface area contributed by atoms with Crippen LogP contribution in [-0.2, 0) is 15.1 Å². The second-order valence-electron chi connectivity index (χ2n) is 4.46. The van der Waals surface area contributed by atoms with Crippen LogP contribution in [0, 0.1) is 0 Å². The fraction of sp³-hybridized carbons (Fsp3) is 0.500. The monoisotopic (exact) mass is 250 g/mol. The molecule has 4 heteroatoms. The normalized spacial score (nSPS) is 14.1. The second-order valence-corrected chi connectivity index (χ2v) is 4.46. The Kier molecular flexibility index (Phi) is 5.82. The smallest absolute Gasteiger partial charge is 0.244 e. The highest BCUT2D eigenvalue weighted by Gasteiger charge is 2.34. The molecular formula is C14H22N2O2. The van der Waals surface area contributed by atoms with Gasteiger partial charge in [0, 0.05) is 6.61 Å². The maximum Gasteiger partial charge on any atom is 0.244 e. The lowest BCUT2D eigenvalue weighted by molar-refractivity contribution is -0.125. The number of nitrogens with two attached hydrogens (primary N) is 2. The van der Waals surface area contributed by atoms with Crippen molar-refractivity contribution in [3.8, 4) is 0 Å². The van der Waals surface area contributed by atoms with Crippen LogP contribution in [0.5, 0.6) is 0 Å². The fourth-order valence-electron chi connectivity index (χ4n) is 1.72. The zero-order valence-electron chi connectivity index (χ0n) is 10.9. The van der Waals surface area contributed by atoms with Gasteiger partial charge in [-0.25, -0.2) is 0 Å². The number of hydrogen-bond donors (Lipinski definition) is 2. The molecule has 0 saturated carbocycles. The van der Waals surface area contributed by atoms with Crippen LogP contribution in [0.25, 0.3) is 0 Å². The first kappa shape index (κ1) is 14.7. The summed E-state index contributed by atoms with van der Waals surface area (Å²) in [5.74, 6) is -0.566. The van der Waals surface area contributed by atoms with Crippen LogP contribution in [0.1, 0.15) is 31.7 Å². The first-order valence-electron chi connectivity index (χ1n) is 6.33. The third-order valence-electron chi connectivity index (χ3n) is 2.95. The molecule has 0 aliphatic heterocycles. The molecule has 0 aromatic heterocycles. The van der Waals surface area contributed by atoms with Crippen LogP contribution in [0.15, 0.2) is 30.3 Å². The van der Waals surface area contributed by atoms with Gasteiger partial charge in [0.2, 0.25) is 5.91 Å². The Labute approximate surface area is 108 Å². The summed E-state index contributed by atoms with van der Waals surface area (Å²) in [5, 5.41) is 0. The van der Waals surface area contributed by atoms with Gasteiger partial charge in [0.1, 0.15) is 5.54 Å². The van der Waals surface area contributed by atoms with E-state index in [1.54, 1.807) is 12.1 Å². The topological polar surface area (TPSA) is 78.3 Å². The van der Waals surface area contributed by atoms with Crippen LogP contribution < -0.4 is 11.5 Å². The largest absolute Gasteiger partial charge is 0.379 e. The van der Waals surface area contributed by atoms with Crippen molar-refractivity contribution in [2.75, 3.05) is 13.2 Å². The minimum atomic E-state index is -1.24. The van der Waals surface area contributed by atoms with Gasteiger partial charge in [0.15, 0.2) is 0 Å². The lowest BCUT2D eigenvalue weighted by Gasteiger charge is -2.26. The number of amides is 1. The van der Waals surface area contributed by atoms with Crippen molar-refractivity contribution in [2.45, 2.75) is 31.7 Å². The highest BCUT2D eigenvalue weighted by atomic mass is 16.5. The van der Waals surface area contributed by atoms with E-state index in [4.69, 9.17) is 16.2 Å². The molecule has 1 amide bonds. The molecule has 0 heterocycles. The first-order chi connectivity index (χ1) is 8.61. The van der Waals surface area contributed by atoms with Crippen LogP contribution in [-0.4, -0.2) is 19.1 Å². The number of unbranched alkanes of at least 4 members (excludes halogenated alkanes) is 2. The lowest BCUT2D eigenvalue weighted by atomic mass is 9.91. The van der Waals surface area contributed by atoms with Gasteiger partial charge >= 0.3 is 0 Å². The zero-order chi connectivity index (χ0) is 13.4. The van der Waals surface area contributed by atoms with Gasteiger partial charge in [-0.05, 0) is 12.0 Å². The van der Waals surface area contributed by atoms with E-state index in [2.05, 4.69) is 6.92 Å². The average Bonchev–Trinajstić information content (AvgIpc) is 2.39. The number of carbonyl (C=O) groups is 1. The standard InChI is InChI=1S/C14H22N2O2/c1-2-3-7-10-18-11-14(16,13(15)17)12-8-5-4-6-9-12/h4-6,8-9H,2-3,7,10-11,16H2,1H3,(H2,15,17). The third-order valence-corrected chi connectivity index (χ3v) is 2.95. The molecule has 1 atom stereocenters. The molecule has 0 aliphatic carbocycles. The van der Waals surface area contributed by atoms with Gasteiger partial charge in [-0.1, -0.05) is 50.1 Å². The minimum absolute atomic E-state index is 0.121. The summed E-state index contributed by atoms with van der Waals surface area (Å²) >= 11 is 0. The summed E-state index contributed by atoms with van der Waals surface area (Å²) in [6, 6.07) is 9.11. The number of carbonyl (C=O) groups excluding carboxylic acids is 1. The maximum absolute atomic E-state index is 11.6. The molecular weight excluding hydrogens is 228 g/mol. The molecule has 0 bridgehead atoms. The van der Waals surface area contributed by atoms with Crippen molar-refractivity contribution in [3.63, 3.8) is 0 Å². The lowest BCUT2D eigenvalue weighted by Crippen LogP contribution is -2.52. The number of rotatable bonds is 8. The van der Waals surface area contributed by atoms with E-state index in [0.717, 1.165) is 19.3 Å². The van der Waals surface area contributed by atoms with E-state index in [1.807, 2.05) is 18.2 Å². The number of primary amides is 1. The fourth-order valence-corrected chi connectivity index (χ4v) is 1.72. The quantitative estimate of drug-likeness (QED) is 0.687. The number of hydrogen-bond acceptors (Lipinski definition) is 3. The van der Waals surface area contributed by atoms with Gasteiger partial charge < -0.3 is 16.2 Å². The molecule has 1 unspecified atom stereocenters. The Morgan fingerprint density at radius 1 is 1.28 bits per heavy atom. The summed E-state index contributed by atoms with van der Waals surface area (Å²) in [4.78, 5) is 11.6. The average molecular weight is 250 g/mol. The van der Waals surface area contributed by atoms with Crippen molar-refractivity contribution in [1.29, 1.82) is 0 Å². The first-order valence-corrected chi connectivity index (χ1v) is 6.33. The Morgan fingerprint density at radius 3 is 2.50 bits per heavy atom. The molecule has 100 valence electrons. The molecule has 0 spiro atoms. The molecule has 4 nitrogen and oxygen atoms in total. The summed E-state index contributed by atoms with van der Waals surface area (Å²) < 4.78 is 5.49. The van der Waals surface area contributed by atoms with Crippen LogP contribution >= 0.6 is 0 Å². The van der Waals surface area contributed by atoms with Gasteiger partial charge in [0.25, 0.3) is 0 Å². The third kappa shape index (κ3) is 3.82. The molecule has 1 aromatic carbocycles. The maximum atomic E-state index is 11.6. The van der Waals surface area contributed by atoms with Crippen molar-refractivity contribution in [1.82, 2.24) is 0 Å². The van der Waals surface area contributed by atoms with Crippen molar-refractivity contribution < 1.29 is 9.53 Å². The van der Waals surface area contributed by atoms with Gasteiger partial charge in [0.05, 0.1) is 6.61 Å².